The maximum atomic E-state index is 9.84. The standard InChI is InChI=1S/C11H17NO/c1-8(2)6-11(13)10-4-5-12-7-9(10)3/h4-5,7-8,11,13H,6H2,1-3H3. The van der Waals surface area contributed by atoms with Crippen LogP contribution in [-0.4, -0.2) is 10.1 Å². The van der Waals surface area contributed by atoms with Gasteiger partial charge in [0.05, 0.1) is 6.10 Å². The van der Waals surface area contributed by atoms with Crippen LogP contribution in [0.2, 0.25) is 0 Å². The predicted octanol–water partition coefficient (Wildman–Crippen LogP) is 2.47. The molecule has 2 nitrogen and oxygen atoms in total. The van der Waals surface area contributed by atoms with Crippen LogP contribution in [0, 0.1) is 12.8 Å². The summed E-state index contributed by atoms with van der Waals surface area (Å²) in [7, 11) is 0. The van der Waals surface area contributed by atoms with E-state index in [1.54, 1.807) is 12.4 Å². The van der Waals surface area contributed by atoms with Crippen molar-refractivity contribution in [3.05, 3.63) is 29.6 Å². The van der Waals surface area contributed by atoms with E-state index in [2.05, 4.69) is 18.8 Å². The Morgan fingerprint density at radius 3 is 2.69 bits per heavy atom. The summed E-state index contributed by atoms with van der Waals surface area (Å²) in [4.78, 5) is 4.00. The number of aryl methyl sites for hydroxylation is 1. The molecule has 0 bridgehead atoms. The van der Waals surface area contributed by atoms with E-state index in [-0.39, 0.29) is 6.10 Å². The molecule has 0 aliphatic rings. The minimum Gasteiger partial charge on any atom is -0.388 e. The van der Waals surface area contributed by atoms with Gasteiger partial charge in [-0.2, -0.15) is 0 Å². The molecular weight excluding hydrogens is 162 g/mol. The van der Waals surface area contributed by atoms with Crippen LogP contribution in [0.1, 0.15) is 37.5 Å². The van der Waals surface area contributed by atoms with Crippen LogP contribution in [0.3, 0.4) is 0 Å². The van der Waals surface area contributed by atoms with Gasteiger partial charge < -0.3 is 5.11 Å². The van der Waals surface area contributed by atoms with Gasteiger partial charge in [-0.05, 0) is 36.5 Å². The average Bonchev–Trinajstić information content (AvgIpc) is 2.03. The van der Waals surface area contributed by atoms with Gasteiger partial charge in [0.15, 0.2) is 0 Å². The van der Waals surface area contributed by atoms with E-state index < -0.39 is 0 Å². The second-order valence-electron chi connectivity index (χ2n) is 3.88. The molecule has 2 heteroatoms. The molecule has 0 amide bonds. The molecule has 13 heavy (non-hydrogen) atoms. The summed E-state index contributed by atoms with van der Waals surface area (Å²) in [5.41, 5.74) is 2.07. The molecule has 0 aromatic carbocycles. The van der Waals surface area contributed by atoms with E-state index in [0.717, 1.165) is 17.5 Å². The number of aliphatic hydroxyl groups is 1. The molecule has 1 heterocycles. The SMILES string of the molecule is Cc1cnccc1C(O)CC(C)C. The molecule has 0 fully saturated rings. The van der Waals surface area contributed by atoms with E-state index in [0.29, 0.717) is 5.92 Å². The van der Waals surface area contributed by atoms with Crippen molar-refractivity contribution in [3.8, 4) is 0 Å². The molecule has 0 aliphatic carbocycles. The third-order valence-electron chi connectivity index (χ3n) is 2.12. The molecule has 1 rings (SSSR count). The van der Waals surface area contributed by atoms with E-state index in [1.165, 1.54) is 0 Å². The zero-order valence-electron chi connectivity index (χ0n) is 8.49. The first-order valence-corrected chi connectivity index (χ1v) is 4.70. The highest BCUT2D eigenvalue weighted by Crippen LogP contribution is 2.22. The summed E-state index contributed by atoms with van der Waals surface area (Å²) in [5, 5.41) is 9.84. The number of pyridine rings is 1. The molecule has 1 aromatic heterocycles. The van der Waals surface area contributed by atoms with Crippen molar-refractivity contribution >= 4 is 0 Å². The lowest BCUT2D eigenvalue weighted by molar-refractivity contribution is 0.150. The molecule has 0 spiro atoms. The lowest BCUT2D eigenvalue weighted by Crippen LogP contribution is -2.03. The fraction of sp³-hybridized carbons (Fsp3) is 0.545. The lowest BCUT2D eigenvalue weighted by atomic mass is 9.98. The average molecular weight is 179 g/mol. The number of hydrogen-bond acceptors (Lipinski definition) is 2. The third kappa shape index (κ3) is 2.81. The smallest absolute Gasteiger partial charge is 0.0796 e. The van der Waals surface area contributed by atoms with E-state index in [4.69, 9.17) is 0 Å². The topological polar surface area (TPSA) is 33.1 Å². The normalized spacial score (nSPS) is 13.3. The number of rotatable bonds is 3. The van der Waals surface area contributed by atoms with Gasteiger partial charge in [0.25, 0.3) is 0 Å². The van der Waals surface area contributed by atoms with Crippen molar-refractivity contribution in [2.75, 3.05) is 0 Å². The van der Waals surface area contributed by atoms with Crippen molar-refractivity contribution in [1.82, 2.24) is 4.98 Å². The van der Waals surface area contributed by atoms with E-state index in [9.17, 15) is 5.11 Å². The fourth-order valence-corrected chi connectivity index (χ4v) is 1.43. The minimum absolute atomic E-state index is 0.344. The van der Waals surface area contributed by atoms with Crippen LogP contribution < -0.4 is 0 Å². The first-order valence-electron chi connectivity index (χ1n) is 4.70. The molecule has 0 saturated carbocycles. The lowest BCUT2D eigenvalue weighted by Gasteiger charge is -2.14. The number of hydrogen-bond donors (Lipinski definition) is 1. The first-order chi connectivity index (χ1) is 6.11. The summed E-state index contributed by atoms with van der Waals surface area (Å²) in [6.07, 6.45) is 3.98. The maximum absolute atomic E-state index is 9.84. The van der Waals surface area contributed by atoms with Crippen molar-refractivity contribution in [2.24, 2.45) is 5.92 Å². The summed E-state index contributed by atoms with van der Waals surface area (Å²) in [6, 6.07) is 1.89. The number of aliphatic hydroxyl groups excluding tert-OH is 1. The molecule has 0 radical (unpaired) electrons. The van der Waals surface area contributed by atoms with Crippen LogP contribution in [0.15, 0.2) is 18.5 Å². The van der Waals surface area contributed by atoms with Crippen molar-refractivity contribution in [3.63, 3.8) is 0 Å². The van der Waals surface area contributed by atoms with Crippen LogP contribution in [0.25, 0.3) is 0 Å². The van der Waals surface area contributed by atoms with Gasteiger partial charge in [0, 0.05) is 12.4 Å². The summed E-state index contributed by atoms with van der Waals surface area (Å²) >= 11 is 0. The Labute approximate surface area is 79.6 Å². The Bertz CT molecular complexity index is 271. The van der Waals surface area contributed by atoms with Gasteiger partial charge in [-0.25, -0.2) is 0 Å². The largest absolute Gasteiger partial charge is 0.388 e. The zero-order chi connectivity index (χ0) is 9.84. The van der Waals surface area contributed by atoms with Crippen LogP contribution >= 0.6 is 0 Å². The molecular formula is C11H17NO. The summed E-state index contributed by atoms with van der Waals surface area (Å²) in [5.74, 6) is 0.516. The summed E-state index contributed by atoms with van der Waals surface area (Å²) < 4.78 is 0. The van der Waals surface area contributed by atoms with Crippen molar-refractivity contribution in [1.29, 1.82) is 0 Å². The molecule has 0 aliphatic heterocycles. The Balaban J connectivity index is 2.76. The maximum Gasteiger partial charge on any atom is 0.0796 e. The van der Waals surface area contributed by atoms with E-state index >= 15 is 0 Å². The molecule has 1 atom stereocenters. The molecule has 0 saturated heterocycles. The zero-order valence-corrected chi connectivity index (χ0v) is 8.49. The molecule has 1 unspecified atom stereocenters. The van der Waals surface area contributed by atoms with E-state index in [1.807, 2.05) is 13.0 Å². The van der Waals surface area contributed by atoms with Gasteiger partial charge in [-0.15, -0.1) is 0 Å². The monoisotopic (exact) mass is 179 g/mol. The minimum atomic E-state index is -0.344. The van der Waals surface area contributed by atoms with Crippen LogP contribution in [0.4, 0.5) is 0 Å². The third-order valence-corrected chi connectivity index (χ3v) is 2.12. The molecule has 1 N–H and O–H groups in total. The number of nitrogens with zero attached hydrogens (tertiary/aromatic N) is 1. The predicted molar refractivity (Wildman–Crippen MR) is 53.4 cm³/mol. The Morgan fingerprint density at radius 1 is 1.46 bits per heavy atom. The molecule has 72 valence electrons. The van der Waals surface area contributed by atoms with Gasteiger partial charge in [0.1, 0.15) is 0 Å². The van der Waals surface area contributed by atoms with Gasteiger partial charge >= 0.3 is 0 Å². The van der Waals surface area contributed by atoms with Gasteiger partial charge in [-0.3, -0.25) is 4.98 Å². The van der Waals surface area contributed by atoms with Crippen molar-refractivity contribution in [2.45, 2.75) is 33.3 Å². The highest BCUT2D eigenvalue weighted by molar-refractivity contribution is 5.23. The van der Waals surface area contributed by atoms with Gasteiger partial charge in [0.2, 0.25) is 0 Å². The van der Waals surface area contributed by atoms with Crippen molar-refractivity contribution < 1.29 is 5.11 Å². The van der Waals surface area contributed by atoms with Crippen LogP contribution in [-0.2, 0) is 0 Å². The quantitative estimate of drug-likeness (QED) is 0.773. The van der Waals surface area contributed by atoms with Gasteiger partial charge in [-0.1, -0.05) is 13.8 Å². The second kappa shape index (κ2) is 4.38. The second-order valence-corrected chi connectivity index (χ2v) is 3.88. The molecule has 1 aromatic rings. The Hall–Kier alpha value is -0.890. The Kier molecular flexibility index (Phi) is 3.43. The first kappa shape index (κ1) is 10.2. The summed E-state index contributed by atoms with van der Waals surface area (Å²) in [6.45, 7) is 6.20. The highest BCUT2D eigenvalue weighted by Gasteiger charge is 2.11. The highest BCUT2D eigenvalue weighted by atomic mass is 16.3. The Morgan fingerprint density at radius 2 is 2.15 bits per heavy atom. The number of aromatic nitrogens is 1. The van der Waals surface area contributed by atoms with Crippen LogP contribution in [0.5, 0.6) is 0 Å². The fourth-order valence-electron chi connectivity index (χ4n) is 1.43.